The molecule has 0 atom stereocenters. The third-order valence-corrected chi connectivity index (χ3v) is 4.77. The molecule has 0 amide bonds. The Morgan fingerprint density at radius 2 is 2.07 bits per heavy atom. The van der Waals surface area contributed by atoms with Gasteiger partial charge in [-0.25, -0.2) is 4.98 Å². The van der Waals surface area contributed by atoms with Crippen molar-refractivity contribution < 1.29 is 0 Å². The fourth-order valence-corrected chi connectivity index (χ4v) is 2.73. The van der Waals surface area contributed by atoms with Crippen LogP contribution in [0.25, 0.3) is 0 Å². The van der Waals surface area contributed by atoms with E-state index in [9.17, 15) is 0 Å². The summed E-state index contributed by atoms with van der Waals surface area (Å²) in [6.07, 6.45) is 2.75. The topological polar surface area (TPSA) is 24.9 Å². The van der Waals surface area contributed by atoms with E-state index < -0.39 is 0 Å². The molecule has 0 saturated heterocycles. The van der Waals surface area contributed by atoms with E-state index in [4.69, 9.17) is 0 Å². The number of nitrogens with zero attached hydrogens (tertiary/aromatic N) is 1. The summed E-state index contributed by atoms with van der Waals surface area (Å²) in [5.41, 5.74) is 1.73. The van der Waals surface area contributed by atoms with Crippen LogP contribution < -0.4 is 5.32 Å². The lowest BCUT2D eigenvalue weighted by molar-refractivity contribution is 0.380. The zero-order valence-electron chi connectivity index (χ0n) is 10.1. The van der Waals surface area contributed by atoms with Gasteiger partial charge in [-0.1, -0.05) is 13.8 Å². The highest BCUT2D eigenvalue weighted by Gasteiger charge is 2.45. The average molecular weight is 224 g/mol. The van der Waals surface area contributed by atoms with Crippen molar-refractivity contribution in [3.63, 3.8) is 0 Å². The van der Waals surface area contributed by atoms with Gasteiger partial charge in [-0.2, -0.15) is 0 Å². The van der Waals surface area contributed by atoms with Crippen molar-refractivity contribution in [2.24, 2.45) is 11.3 Å². The summed E-state index contributed by atoms with van der Waals surface area (Å²) in [4.78, 5) is 5.83. The normalized spacial score (nSPS) is 18.2. The average Bonchev–Trinajstić information content (AvgIpc) is 2.89. The van der Waals surface area contributed by atoms with Crippen LogP contribution in [0.5, 0.6) is 0 Å². The van der Waals surface area contributed by atoms with E-state index in [2.05, 4.69) is 38.0 Å². The molecule has 1 aromatic rings. The molecule has 0 aromatic carbocycles. The number of hydrogen-bond acceptors (Lipinski definition) is 3. The van der Waals surface area contributed by atoms with Crippen LogP contribution in [0.15, 0.2) is 0 Å². The summed E-state index contributed by atoms with van der Waals surface area (Å²) in [7, 11) is 0. The highest BCUT2D eigenvalue weighted by Crippen LogP contribution is 2.51. The molecule has 2 nitrogen and oxygen atoms in total. The van der Waals surface area contributed by atoms with Crippen LogP contribution in [0.4, 0.5) is 5.13 Å². The van der Waals surface area contributed by atoms with E-state index in [0.29, 0.717) is 5.41 Å². The minimum atomic E-state index is 0.563. The molecule has 0 radical (unpaired) electrons. The highest BCUT2D eigenvalue weighted by molar-refractivity contribution is 7.15. The number of thiazole rings is 1. The fraction of sp³-hybridized carbons (Fsp3) is 0.750. The van der Waals surface area contributed by atoms with Gasteiger partial charge in [0.25, 0.3) is 0 Å². The van der Waals surface area contributed by atoms with E-state index in [1.165, 1.54) is 17.7 Å². The Bertz CT molecular complexity index is 331. The summed E-state index contributed by atoms with van der Waals surface area (Å²) < 4.78 is 0. The molecule has 1 N–H and O–H groups in total. The zero-order valence-corrected chi connectivity index (χ0v) is 10.9. The number of anilines is 1. The van der Waals surface area contributed by atoms with Crippen LogP contribution in [0.2, 0.25) is 0 Å². The van der Waals surface area contributed by atoms with Crippen LogP contribution in [0.3, 0.4) is 0 Å². The molecule has 1 saturated carbocycles. The monoisotopic (exact) mass is 224 g/mol. The van der Waals surface area contributed by atoms with Gasteiger partial charge in [0.2, 0.25) is 0 Å². The Hall–Kier alpha value is -0.570. The second-order valence-electron chi connectivity index (χ2n) is 5.03. The second-order valence-corrected chi connectivity index (χ2v) is 6.23. The van der Waals surface area contributed by atoms with Crippen molar-refractivity contribution in [1.29, 1.82) is 0 Å². The second kappa shape index (κ2) is 3.78. The fourth-order valence-electron chi connectivity index (χ4n) is 1.92. The standard InChI is InChI=1S/C12H20N2S/c1-8(2)12(5-6-12)7-13-11-14-9(3)10(4)15-11/h8H,5-7H2,1-4H3,(H,13,14). The van der Waals surface area contributed by atoms with Gasteiger partial charge in [0.05, 0.1) is 5.69 Å². The largest absolute Gasteiger partial charge is 0.361 e. The maximum atomic E-state index is 4.51. The lowest BCUT2D eigenvalue weighted by atomic mass is 9.92. The van der Waals surface area contributed by atoms with Crippen molar-refractivity contribution >= 4 is 16.5 Å². The predicted octanol–water partition coefficient (Wildman–Crippen LogP) is 3.61. The SMILES string of the molecule is Cc1nc(NCC2(C(C)C)CC2)sc1C. The lowest BCUT2D eigenvalue weighted by Crippen LogP contribution is -2.20. The molecule has 0 unspecified atom stereocenters. The molecule has 2 rings (SSSR count). The van der Waals surface area contributed by atoms with Crippen molar-refractivity contribution in [2.45, 2.75) is 40.5 Å². The number of rotatable bonds is 4. The number of nitrogens with one attached hydrogen (secondary N) is 1. The third-order valence-electron chi connectivity index (χ3n) is 3.74. The van der Waals surface area contributed by atoms with Gasteiger partial charge >= 0.3 is 0 Å². The van der Waals surface area contributed by atoms with E-state index in [-0.39, 0.29) is 0 Å². The quantitative estimate of drug-likeness (QED) is 0.845. The Balaban J connectivity index is 1.94. The van der Waals surface area contributed by atoms with E-state index in [0.717, 1.165) is 23.3 Å². The molecule has 0 spiro atoms. The van der Waals surface area contributed by atoms with Gasteiger partial charge in [0, 0.05) is 11.4 Å². The van der Waals surface area contributed by atoms with Gasteiger partial charge in [0.1, 0.15) is 0 Å². The van der Waals surface area contributed by atoms with Gasteiger partial charge in [-0.15, -0.1) is 11.3 Å². The molecule has 1 aliphatic carbocycles. The maximum absolute atomic E-state index is 4.51. The van der Waals surface area contributed by atoms with E-state index >= 15 is 0 Å². The first-order valence-corrected chi connectivity index (χ1v) is 6.53. The van der Waals surface area contributed by atoms with E-state index in [1.807, 2.05) is 0 Å². The molecule has 1 fully saturated rings. The molecule has 3 heteroatoms. The number of aryl methyl sites for hydroxylation is 2. The highest BCUT2D eigenvalue weighted by atomic mass is 32.1. The van der Waals surface area contributed by atoms with Gasteiger partial charge in [0.15, 0.2) is 5.13 Å². The molecule has 0 bridgehead atoms. The van der Waals surface area contributed by atoms with E-state index in [1.54, 1.807) is 11.3 Å². The molecule has 1 aromatic heterocycles. The molecular formula is C12H20N2S. The Labute approximate surface area is 96.1 Å². The molecule has 1 aliphatic rings. The third kappa shape index (κ3) is 2.17. The van der Waals surface area contributed by atoms with Crippen molar-refractivity contribution in [3.8, 4) is 0 Å². The first-order valence-electron chi connectivity index (χ1n) is 5.71. The minimum Gasteiger partial charge on any atom is -0.361 e. The van der Waals surface area contributed by atoms with Gasteiger partial charge in [-0.05, 0) is 38.0 Å². The van der Waals surface area contributed by atoms with Crippen LogP contribution >= 0.6 is 11.3 Å². The number of hydrogen-bond donors (Lipinski definition) is 1. The van der Waals surface area contributed by atoms with Crippen LogP contribution in [0, 0.1) is 25.2 Å². The van der Waals surface area contributed by atoms with Crippen molar-refractivity contribution in [3.05, 3.63) is 10.6 Å². The van der Waals surface area contributed by atoms with Crippen LogP contribution in [-0.2, 0) is 0 Å². The summed E-state index contributed by atoms with van der Waals surface area (Å²) >= 11 is 1.77. The lowest BCUT2D eigenvalue weighted by Gasteiger charge is -2.19. The van der Waals surface area contributed by atoms with Gasteiger partial charge < -0.3 is 5.32 Å². The Morgan fingerprint density at radius 3 is 2.47 bits per heavy atom. The zero-order chi connectivity index (χ0) is 11.1. The summed E-state index contributed by atoms with van der Waals surface area (Å²) in [6.45, 7) is 9.96. The summed E-state index contributed by atoms with van der Waals surface area (Å²) in [5.74, 6) is 0.784. The van der Waals surface area contributed by atoms with Crippen LogP contribution in [-0.4, -0.2) is 11.5 Å². The molecule has 15 heavy (non-hydrogen) atoms. The Morgan fingerprint density at radius 1 is 1.40 bits per heavy atom. The first-order chi connectivity index (χ1) is 7.03. The van der Waals surface area contributed by atoms with Crippen molar-refractivity contribution in [1.82, 2.24) is 4.98 Å². The first kappa shape index (κ1) is 10.9. The van der Waals surface area contributed by atoms with Gasteiger partial charge in [-0.3, -0.25) is 0 Å². The van der Waals surface area contributed by atoms with Crippen molar-refractivity contribution in [2.75, 3.05) is 11.9 Å². The minimum absolute atomic E-state index is 0.563. The summed E-state index contributed by atoms with van der Waals surface area (Å²) in [6, 6.07) is 0. The molecule has 84 valence electrons. The molecular weight excluding hydrogens is 204 g/mol. The summed E-state index contributed by atoms with van der Waals surface area (Å²) in [5, 5.41) is 4.59. The molecule has 0 aliphatic heterocycles. The van der Waals surface area contributed by atoms with Crippen LogP contribution in [0.1, 0.15) is 37.3 Å². The molecule has 1 heterocycles. The number of aromatic nitrogens is 1. The Kier molecular flexibility index (Phi) is 2.75. The predicted molar refractivity (Wildman–Crippen MR) is 66.6 cm³/mol. The smallest absolute Gasteiger partial charge is 0.183 e. The maximum Gasteiger partial charge on any atom is 0.183 e.